The molecule has 0 aromatic heterocycles. The molecule has 0 bridgehead atoms. The van der Waals surface area contributed by atoms with Gasteiger partial charge in [0.15, 0.2) is 17.3 Å². The maximum atomic E-state index is 12.5. The van der Waals surface area contributed by atoms with E-state index in [9.17, 15) is 4.79 Å². The summed E-state index contributed by atoms with van der Waals surface area (Å²) >= 11 is 0. The molecule has 0 aliphatic rings. The van der Waals surface area contributed by atoms with Gasteiger partial charge in [-0.05, 0) is 31.0 Å². The molecule has 0 aliphatic heterocycles. The Morgan fingerprint density at radius 1 is 0.818 bits per heavy atom. The van der Waals surface area contributed by atoms with Gasteiger partial charge in [-0.3, -0.25) is 4.79 Å². The van der Waals surface area contributed by atoms with E-state index in [-0.39, 0.29) is 5.78 Å². The second-order valence-electron chi connectivity index (χ2n) is 5.05. The van der Waals surface area contributed by atoms with Gasteiger partial charge >= 0.3 is 0 Å². The largest absolute Gasteiger partial charge is 0.490 e. The third-order valence-electron chi connectivity index (χ3n) is 3.17. The van der Waals surface area contributed by atoms with Crippen LogP contribution in [-0.4, -0.2) is 19.0 Å². The average Bonchev–Trinajstić information content (AvgIpc) is 2.58. The normalized spacial score (nSPS) is 10.3. The van der Waals surface area contributed by atoms with Crippen LogP contribution in [-0.2, 0) is 0 Å². The van der Waals surface area contributed by atoms with Crippen molar-refractivity contribution in [3.8, 4) is 11.5 Å². The number of carbonyl (C=O) groups excluding carboxylic acids is 1. The molecule has 0 heterocycles. The van der Waals surface area contributed by atoms with Gasteiger partial charge in [-0.25, -0.2) is 0 Å². The Balaban J connectivity index is 2.27. The first kappa shape index (κ1) is 16.1. The Labute approximate surface area is 131 Å². The number of hydrogen-bond donors (Lipinski definition) is 0. The molecule has 0 amide bonds. The van der Waals surface area contributed by atoms with E-state index >= 15 is 0 Å². The van der Waals surface area contributed by atoms with E-state index in [1.807, 2.05) is 43.3 Å². The van der Waals surface area contributed by atoms with Crippen molar-refractivity contribution < 1.29 is 14.3 Å². The summed E-state index contributed by atoms with van der Waals surface area (Å²) in [5, 5.41) is 0. The van der Waals surface area contributed by atoms with Crippen LogP contribution < -0.4 is 9.47 Å². The lowest BCUT2D eigenvalue weighted by Gasteiger charge is -2.13. The second-order valence-corrected chi connectivity index (χ2v) is 5.05. The van der Waals surface area contributed by atoms with Crippen LogP contribution in [0.5, 0.6) is 11.5 Å². The average molecular weight is 298 g/mol. The quantitative estimate of drug-likeness (QED) is 0.673. The summed E-state index contributed by atoms with van der Waals surface area (Å²) in [6.07, 6.45) is 1.84. The van der Waals surface area contributed by atoms with Crippen molar-refractivity contribution in [2.75, 3.05) is 13.2 Å². The summed E-state index contributed by atoms with van der Waals surface area (Å²) in [6, 6.07) is 14.6. The van der Waals surface area contributed by atoms with Crippen LogP contribution >= 0.6 is 0 Å². The second kappa shape index (κ2) is 8.23. The topological polar surface area (TPSA) is 35.5 Å². The van der Waals surface area contributed by atoms with Crippen LogP contribution in [0.4, 0.5) is 0 Å². The highest BCUT2D eigenvalue weighted by atomic mass is 16.5. The number of ketones is 1. The SMILES string of the molecule is CCCOc1ccc(C(=O)c2ccccc2)cc1OCCC. The molecule has 0 atom stereocenters. The lowest BCUT2D eigenvalue weighted by Crippen LogP contribution is -2.05. The molecular weight excluding hydrogens is 276 g/mol. The van der Waals surface area contributed by atoms with Gasteiger partial charge < -0.3 is 9.47 Å². The van der Waals surface area contributed by atoms with Crippen LogP contribution in [0.2, 0.25) is 0 Å². The van der Waals surface area contributed by atoms with E-state index in [0.717, 1.165) is 12.8 Å². The Morgan fingerprint density at radius 3 is 2.09 bits per heavy atom. The molecule has 3 heteroatoms. The molecule has 0 spiro atoms. The fraction of sp³-hybridized carbons (Fsp3) is 0.316. The van der Waals surface area contributed by atoms with Crippen molar-refractivity contribution >= 4 is 5.78 Å². The highest BCUT2D eigenvalue weighted by Crippen LogP contribution is 2.29. The van der Waals surface area contributed by atoms with Gasteiger partial charge in [-0.15, -0.1) is 0 Å². The Hall–Kier alpha value is -2.29. The molecule has 0 unspecified atom stereocenters. The van der Waals surface area contributed by atoms with Crippen LogP contribution in [0.15, 0.2) is 48.5 Å². The molecule has 3 nitrogen and oxygen atoms in total. The maximum absolute atomic E-state index is 12.5. The van der Waals surface area contributed by atoms with Crippen LogP contribution in [0.3, 0.4) is 0 Å². The molecule has 2 aromatic rings. The van der Waals surface area contributed by atoms with E-state index in [1.54, 1.807) is 12.1 Å². The Bertz CT molecular complexity index is 605. The van der Waals surface area contributed by atoms with E-state index < -0.39 is 0 Å². The van der Waals surface area contributed by atoms with E-state index in [1.165, 1.54) is 0 Å². The predicted octanol–water partition coefficient (Wildman–Crippen LogP) is 4.50. The zero-order valence-corrected chi connectivity index (χ0v) is 13.2. The van der Waals surface area contributed by atoms with Crippen molar-refractivity contribution in [1.82, 2.24) is 0 Å². The smallest absolute Gasteiger partial charge is 0.193 e. The first-order valence-electron chi connectivity index (χ1n) is 7.75. The first-order chi connectivity index (χ1) is 10.8. The van der Waals surface area contributed by atoms with Crippen molar-refractivity contribution in [3.05, 3.63) is 59.7 Å². The standard InChI is InChI=1S/C19H22O3/c1-3-12-21-17-11-10-16(14-18(17)22-13-4-2)19(20)15-8-6-5-7-9-15/h5-11,14H,3-4,12-13H2,1-2H3. The summed E-state index contributed by atoms with van der Waals surface area (Å²) in [5.74, 6) is 1.32. The fourth-order valence-electron chi connectivity index (χ4n) is 2.06. The van der Waals surface area contributed by atoms with Crippen LogP contribution in [0.25, 0.3) is 0 Å². The number of ether oxygens (including phenoxy) is 2. The predicted molar refractivity (Wildman–Crippen MR) is 87.9 cm³/mol. The molecule has 2 aromatic carbocycles. The van der Waals surface area contributed by atoms with Gasteiger partial charge in [0.2, 0.25) is 0 Å². The minimum atomic E-state index is -0.0102. The highest BCUT2D eigenvalue weighted by molar-refractivity contribution is 6.09. The molecule has 0 saturated carbocycles. The Morgan fingerprint density at radius 2 is 1.45 bits per heavy atom. The van der Waals surface area contributed by atoms with Gasteiger partial charge in [-0.2, -0.15) is 0 Å². The molecule has 2 rings (SSSR count). The number of rotatable bonds is 8. The molecule has 0 radical (unpaired) electrons. The molecule has 0 aliphatic carbocycles. The van der Waals surface area contributed by atoms with Gasteiger partial charge in [0, 0.05) is 11.1 Å². The van der Waals surface area contributed by atoms with Gasteiger partial charge in [0.25, 0.3) is 0 Å². The third kappa shape index (κ3) is 4.10. The molecular formula is C19H22O3. The van der Waals surface area contributed by atoms with E-state index in [0.29, 0.717) is 35.8 Å². The molecule has 0 fully saturated rings. The van der Waals surface area contributed by atoms with Crippen molar-refractivity contribution in [1.29, 1.82) is 0 Å². The van der Waals surface area contributed by atoms with E-state index in [4.69, 9.17) is 9.47 Å². The molecule has 22 heavy (non-hydrogen) atoms. The molecule has 116 valence electrons. The Kier molecular flexibility index (Phi) is 6.01. The van der Waals surface area contributed by atoms with Gasteiger partial charge in [-0.1, -0.05) is 44.2 Å². The van der Waals surface area contributed by atoms with Crippen LogP contribution in [0, 0.1) is 0 Å². The van der Waals surface area contributed by atoms with Crippen molar-refractivity contribution in [2.24, 2.45) is 0 Å². The van der Waals surface area contributed by atoms with E-state index in [2.05, 4.69) is 6.92 Å². The molecule has 0 N–H and O–H groups in total. The zero-order valence-electron chi connectivity index (χ0n) is 13.2. The summed E-state index contributed by atoms with van der Waals surface area (Å²) in [6.45, 7) is 5.34. The number of hydrogen-bond acceptors (Lipinski definition) is 3. The van der Waals surface area contributed by atoms with Gasteiger partial charge in [0.1, 0.15) is 0 Å². The minimum absolute atomic E-state index is 0.0102. The summed E-state index contributed by atoms with van der Waals surface area (Å²) < 4.78 is 11.4. The van der Waals surface area contributed by atoms with Crippen molar-refractivity contribution in [2.45, 2.75) is 26.7 Å². The zero-order chi connectivity index (χ0) is 15.8. The molecule has 0 saturated heterocycles. The van der Waals surface area contributed by atoms with Gasteiger partial charge in [0.05, 0.1) is 13.2 Å². The summed E-state index contributed by atoms with van der Waals surface area (Å²) in [5.41, 5.74) is 1.28. The summed E-state index contributed by atoms with van der Waals surface area (Å²) in [4.78, 5) is 12.5. The lowest BCUT2D eigenvalue weighted by atomic mass is 10.0. The number of benzene rings is 2. The monoisotopic (exact) mass is 298 g/mol. The minimum Gasteiger partial charge on any atom is -0.490 e. The van der Waals surface area contributed by atoms with Crippen LogP contribution in [0.1, 0.15) is 42.6 Å². The summed E-state index contributed by atoms with van der Waals surface area (Å²) in [7, 11) is 0. The fourth-order valence-corrected chi connectivity index (χ4v) is 2.06. The lowest BCUT2D eigenvalue weighted by molar-refractivity contribution is 0.103. The van der Waals surface area contributed by atoms with Crippen molar-refractivity contribution in [3.63, 3.8) is 0 Å². The highest BCUT2D eigenvalue weighted by Gasteiger charge is 2.13. The number of carbonyl (C=O) groups is 1. The third-order valence-corrected chi connectivity index (χ3v) is 3.17. The first-order valence-corrected chi connectivity index (χ1v) is 7.75. The maximum Gasteiger partial charge on any atom is 0.193 e.